The number of imidazole rings is 1. The Bertz CT molecular complexity index is 639. The second-order valence-electron chi connectivity index (χ2n) is 4.30. The lowest BCUT2D eigenvalue weighted by atomic mass is 10.2. The lowest BCUT2D eigenvalue weighted by Gasteiger charge is -2.08. The van der Waals surface area contributed by atoms with E-state index in [1.54, 1.807) is 26.4 Å². The number of rotatable bonds is 6. The summed E-state index contributed by atoms with van der Waals surface area (Å²) in [4.78, 5) is 15.2. The minimum absolute atomic E-state index is 0.313. The fraction of sp³-hybridized carbons (Fsp3) is 0.385. The molecule has 0 saturated carbocycles. The number of nitrogens with zero attached hydrogens (tertiary/aromatic N) is 2. The number of halogens is 1. The molecule has 0 fully saturated rings. The van der Waals surface area contributed by atoms with Crippen molar-refractivity contribution < 1.29 is 14.3 Å². The molecule has 0 aliphatic heterocycles. The van der Waals surface area contributed by atoms with Gasteiger partial charge in [-0.25, -0.2) is 0 Å². The first-order valence-corrected chi connectivity index (χ1v) is 6.50. The summed E-state index contributed by atoms with van der Waals surface area (Å²) in [6.45, 7) is 0.577. The molecule has 0 radical (unpaired) electrons. The maximum Gasteiger partial charge on any atom is 0.297 e. The molecule has 1 heterocycles. The minimum Gasteiger partial charge on any atom is -0.495 e. The molecule has 2 aromatic rings. The Balaban J connectivity index is 2.41. The molecule has 0 bridgehead atoms. The Morgan fingerprint density at radius 2 is 2.15 bits per heavy atom. The van der Waals surface area contributed by atoms with Gasteiger partial charge in [0, 0.05) is 19.0 Å². The highest BCUT2D eigenvalue weighted by atomic mass is 35.5. The number of carbonyl (C=O) groups is 1. The number of benzene rings is 1. The predicted molar refractivity (Wildman–Crippen MR) is 76.3 cm³/mol. The number of hydrogen-bond acceptors (Lipinski definition) is 4. The van der Waals surface area contributed by atoms with E-state index in [9.17, 15) is 4.79 Å². The Kier molecular flexibility index (Phi) is 4.34. The summed E-state index contributed by atoms with van der Waals surface area (Å²) in [5, 5.41) is 0.490. The van der Waals surface area contributed by atoms with E-state index in [2.05, 4.69) is 4.98 Å². The highest BCUT2D eigenvalue weighted by molar-refractivity contribution is 6.32. The first kappa shape index (κ1) is 14.5. The van der Waals surface area contributed by atoms with Crippen LogP contribution in [0, 0.1) is 0 Å². The number of amides is 1. The number of aryl methyl sites for hydroxylation is 1. The average Bonchev–Trinajstić information content (AvgIpc) is 2.74. The topological polar surface area (TPSA) is 79.4 Å². The number of nitrogens with two attached hydrogens (primary N) is 1. The first-order valence-electron chi connectivity index (χ1n) is 6.13. The van der Waals surface area contributed by atoms with Crippen LogP contribution in [0.25, 0.3) is 11.0 Å². The van der Waals surface area contributed by atoms with Gasteiger partial charge in [-0.15, -0.1) is 0 Å². The van der Waals surface area contributed by atoms with Crippen LogP contribution >= 0.6 is 11.6 Å². The smallest absolute Gasteiger partial charge is 0.297 e. The Morgan fingerprint density at radius 3 is 2.75 bits per heavy atom. The summed E-state index contributed by atoms with van der Waals surface area (Å²) >= 11 is 6.08. The van der Waals surface area contributed by atoms with Gasteiger partial charge in [0.15, 0.2) is 0 Å². The molecular weight excluding hydrogens is 282 g/mol. The van der Waals surface area contributed by atoms with Crippen molar-refractivity contribution in [3.8, 4) is 11.8 Å². The largest absolute Gasteiger partial charge is 0.495 e. The fourth-order valence-corrected chi connectivity index (χ4v) is 2.28. The molecule has 1 aromatic heterocycles. The van der Waals surface area contributed by atoms with Gasteiger partial charge in [-0.3, -0.25) is 9.36 Å². The molecule has 0 spiro atoms. The van der Waals surface area contributed by atoms with Gasteiger partial charge in [0.05, 0.1) is 30.3 Å². The Hall–Kier alpha value is -1.95. The van der Waals surface area contributed by atoms with E-state index in [0.717, 1.165) is 5.52 Å². The quantitative estimate of drug-likeness (QED) is 0.884. The molecule has 108 valence electrons. The summed E-state index contributed by atoms with van der Waals surface area (Å²) in [6, 6.07) is 3.99. The number of fused-ring (bicyclic) bond motifs is 1. The fourth-order valence-electron chi connectivity index (χ4n) is 2.04. The first-order chi connectivity index (χ1) is 9.56. The van der Waals surface area contributed by atoms with E-state index >= 15 is 0 Å². The molecule has 6 nitrogen and oxygen atoms in total. The van der Waals surface area contributed by atoms with Gasteiger partial charge in [0.2, 0.25) is 5.91 Å². The van der Waals surface area contributed by atoms with Crippen molar-refractivity contribution in [2.24, 2.45) is 5.73 Å². The summed E-state index contributed by atoms with van der Waals surface area (Å²) < 4.78 is 12.3. The number of ether oxygens (including phenoxy) is 2. The highest BCUT2D eigenvalue weighted by Gasteiger charge is 2.14. The molecule has 1 aromatic carbocycles. The molecule has 7 heteroatoms. The van der Waals surface area contributed by atoms with Crippen LogP contribution in [0.15, 0.2) is 12.1 Å². The van der Waals surface area contributed by atoms with Crippen molar-refractivity contribution >= 4 is 28.5 Å². The van der Waals surface area contributed by atoms with E-state index in [1.165, 1.54) is 0 Å². The molecule has 0 atom stereocenters. The third-order valence-electron chi connectivity index (χ3n) is 2.97. The zero-order valence-corrected chi connectivity index (χ0v) is 12.1. The zero-order chi connectivity index (χ0) is 14.7. The SMILES string of the molecule is COc1cc2c(cc1Cl)nc(OC)n2CCCC(N)=O. The second kappa shape index (κ2) is 6.00. The summed E-state index contributed by atoms with van der Waals surface area (Å²) in [7, 11) is 3.10. The van der Waals surface area contributed by atoms with Gasteiger partial charge in [-0.2, -0.15) is 4.98 Å². The molecule has 1 amide bonds. The molecule has 0 unspecified atom stereocenters. The van der Waals surface area contributed by atoms with Crippen molar-refractivity contribution in [1.29, 1.82) is 0 Å². The lowest BCUT2D eigenvalue weighted by molar-refractivity contribution is -0.118. The summed E-state index contributed by atoms with van der Waals surface area (Å²) in [6.07, 6.45) is 0.926. The van der Waals surface area contributed by atoms with Crippen LogP contribution in [0.3, 0.4) is 0 Å². The van der Waals surface area contributed by atoms with Gasteiger partial charge in [0.25, 0.3) is 6.01 Å². The van der Waals surface area contributed by atoms with E-state index in [-0.39, 0.29) is 5.91 Å². The number of methoxy groups -OCH3 is 2. The molecule has 0 aliphatic carbocycles. The number of hydrogen-bond donors (Lipinski definition) is 1. The molecule has 0 aliphatic rings. The summed E-state index contributed by atoms with van der Waals surface area (Å²) in [5.41, 5.74) is 6.70. The van der Waals surface area contributed by atoms with Gasteiger partial charge in [-0.1, -0.05) is 11.6 Å². The van der Waals surface area contributed by atoms with Crippen molar-refractivity contribution in [3.63, 3.8) is 0 Å². The minimum atomic E-state index is -0.325. The normalized spacial score (nSPS) is 10.8. The number of primary amides is 1. The average molecular weight is 298 g/mol. The van der Waals surface area contributed by atoms with Crippen LogP contribution in [-0.2, 0) is 11.3 Å². The van der Waals surface area contributed by atoms with Crippen molar-refractivity contribution in [2.45, 2.75) is 19.4 Å². The number of aromatic nitrogens is 2. The van der Waals surface area contributed by atoms with Crippen molar-refractivity contribution in [2.75, 3.05) is 14.2 Å². The standard InChI is InChI=1S/C13H16ClN3O3/c1-19-11-7-10-9(6-8(11)14)16-13(20-2)17(10)5-3-4-12(15)18/h6-7H,3-5H2,1-2H3,(H2,15,18). The van der Waals surface area contributed by atoms with E-state index in [0.29, 0.717) is 41.7 Å². The predicted octanol–water partition coefficient (Wildman–Crippen LogP) is 1.97. The third-order valence-corrected chi connectivity index (χ3v) is 3.27. The monoisotopic (exact) mass is 297 g/mol. The van der Waals surface area contributed by atoms with E-state index in [1.807, 2.05) is 4.57 Å². The van der Waals surface area contributed by atoms with Crippen LogP contribution in [-0.4, -0.2) is 29.7 Å². The second-order valence-corrected chi connectivity index (χ2v) is 4.70. The van der Waals surface area contributed by atoms with Crippen molar-refractivity contribution in [3.05, 3.63) is 17.2 Å². The van der Waals surface area contributed by atoms with Crippen LogP contribution in [0.4, 0.5) is 0 Å². The Labute approximate surface area is 121 Å². The molecule has 2 rings (SSSR count). The summed E-state index contributed by atoms with van der Waals surface area (Å²) in [5.74, 6) is 0.242. The van der Waals surface area contributed by atoms with Crippen LogP contribution in [0.1, 0.15) is 12.8 Å². The van der Waals surface area contributed by atoms with Gasteiger partial charge >= 0.3 is 0 Å². The van der Waals surface area contributed by atoms with Crippen LogP contribution < -0.4 is 15.2 Å². The lowest BCUT2D eigenvalue weighted by Crippen LogP contribution is -2.11. The third kappa shape index (κ3) is 2.80. The van der Waals surface area contributed by atoms with Gasteiger partial charge in [-0.05, 0) is 12.5 Å². The Morgan fingerprint density at radius 1 is 1.40 bits per heavy atom. The van der Waals surface area contributed by atoms with Gasteiger partial charge < -0.3 is 15.2 Å². The zero-order valence-electron chi connectivity index (χ0n) is 11.4. The molecule has 20 heavy (non-hydrogen) atoms. The molecule has 2 N–H and O–H groups in total. The molecular formula is C13H16ClN3O3. The highest BCUT2D eigenvalue weighted by Crippen LogP contribution is 2.32. The molecule has 0 saturated heterocycles. The maximum atomic E-state index is 10.8. The van der Waals surface area contributed by atoms with Gasteiger partial charge in [0.1, 0.15) is 5.75 Å². The van der Waals surface area contributed by atoms with Crippen LogP contribution in [0.2, 0.25) is 5.02 Å². The van der Waals surface area contributed by atoms with Crippen LogP contribution in [0.5, 0.6) is 11.8 Å². The van der Waals surface area contributed by atoms with Crippen molar-refractivity contribution in [1.82, 2.24) is 9.55 Å². The van der Waals surface area contributed by atoms with E-state index in [4.69, 9.17) is 26.8 Å². The number of carbonyl (C=O) groups excluding carboxylic acids is 1. The maximum absolute atomic E-state index is 10.8. The van der Waals surface area contributed by atoms with E-state index < -0.39 is 0 Å².